The van der Waals surface area contributed by atoms with Crippen molar-refractivity contribution in [3.63, 3.8) is 0 Å². The van der Waals surface area contributed by atoms with E-state index in [1.165, 1.54) is 55.2 Å². The fourth-order valence-electron chi connectivity index (χ4n) is 9.67. The van der Waals surface area contributed by atoms with Gasteiger partial charge >= 0.3 is 0 Å². The molecule has 0 saturated heterocycles. The Morgan fingerprint density at radius 1 is 0.509 bits per heavy atom. The van der Waals surface area contributed by atoms with Crippen LogP contribution in [0.4, 0.5) is 0 Å². The van der Waals surface area contributed by atoms with Crippen LogP contribution in [0.5, 0.6) is 0 Å². The van der Waals surface area contributed by atoms with Gasteiger partial charge in [0.1, 0.15) is 0 Å². The van der Waals surface area contributed by atoms with Gasteiger partial charge in [-0.2, -0.15) is 0 Å². The molecule has 1 aliphatic carbocycles. The number of rotatable bonds is 3. The topological polar surface area (TPSA) is 39.3 Å². The monoisotopic (exact) mass is 703 g/mol. The van der Waals surface area contributed by atoms with Crippen LogP contribution < -0.4 is 5.56 Å². The number of hydrogen-bond donors (Lipinski definition) is 0. The Morgan fingerprint density at radius 3 is 2.05 bits per heavy atom. The first-order valence-electron chi connectivity index (χ1n) is 19.1. The molecule has 11 aromatic rings. The number of benzene rings is 7. The van der Waals surface area contributed by atoms with Crippen LogP contribution in [-0.2, 0) is 6.42 Å². The molecular formula is C51H33N3O. The molecule has 0 fully saturated rings. The molecule has 0 amide bonds. The van der Waals surface area contributed by atoms with E-state index in [0.29, 0.717) is 5.39 Å². The lowest BCUT2D eigenvalue weighted by molar-refractivity contribution is 0.706. The van der Waals surface area contributed by atoms with Crippen molar-refractivity contribution < 1.29 is 0 Å². The van der Waals surface area contributed by atoms with Gasteiger partial charge in [-0.25, -0.2) is 0 Å². The fourth-order valence-corrected chi connectivity index (χ4v) is 9.67. The van der Waals surface area contributed by atoms with Crippen molar-refractivity contribution in [1.82, 2.24) is 14.0 Å². The van der Waals surface area contributed by atoms with Gasteiger partial charge in [0.25, 0.3) is 5.56 Å². The van der Waals surface area contributed by atoms with E-state index in [-0.39, 0.29) is 11.5 Å². The van der Waals surface area contributed by atoms with E-state index in [4.69, 9.17) is 4.98 Å². The van der Waals surface area contributed by atoms with Gasteiger partial charge in [0.2, 0.25) is 0 Å². The Labute approximate surface area is 316 Å². The third-order valence-corrected chi connectivity index (χ3v) is 12.2. The number of pyridine rings is 2. The van der Waals surface area contributed by atoms with Crippen molar-refractivity contribution in [2.75, 3.05) is 0 Å². The first kappa shape index (κ1) is 30.4. The summed E-state index contributed by atoms with van der Waals surface area (Å²) in [6.45, 7) is 0. The second-order valence-electron chi connectivity index (χ2n) is 15.0. The average molecular weight is 704 g/mol. The lowest BCUT2D eigenvalue weighted by atomic mass is 9.86. The Morgan fingerprint density at radius 2 is 1.18 bits per heavy atom. The summed E-state index contributed by atoms with van der Waals surface area (Å²) in [6, 6.07) is 58.9. The molecule has 4 heteroatoms. The first-order valence-corrected chi connectivity index (χ1v) is 19.1. The minimum Gasteiger partial charge on any atom is -0.309 e. The number of fused-ring (bicyclic) bond motifs is 11. The zero-order chi connectivity index (χ0) is 36.2. The van der Waals surface area contributed by atoms with Crippen molar-refractivity contribution in [3.05, 3.63) is 197 Å². The van der Waals surface area contributed by atoms with E-state index in [9.17, 15) is 4.79 Å². The number of nitrogens with zero attached hydrogens (tertiary/aromatic N) is 3. The van der Waals surface area contributed by atoms with E-state index in [1.807, 2.05) is 28.8 Å². The molecule has 4 aromatic heterocycles. The highest BCUT2D eigenvalue weighted by Crippen LogP contribution is 2.44. The maximum atomic E-state index is 14.2. The molecule has 4 heterocycles. The molecule has 0 saturated carbocycles. The zero-order valence-corrected chi connectivity index (χ0v) is 29.9. The second-order valence-corrected chi connectivity index (χ2v) is 15.0. The molecule has 0 aliphatic heterocycles. The molecule has 0 spiro atoms. The highest BCUT2D eigenvalue weighted by atomic mass is 16.1. The molecule has 258 valence electrons. The molecule has 0 radical (unpaired) electrons. The predicted molar refractivity (Wildman–Crippen MR) is 227 cm³/mol. The van der Waals surface area contributed by atoms with E-state index in [0.717, 1.165) is 56.8 Å². The van der Waals surface area contributed by atoms with Gasteiger partial charge in [-0.15, -0.1) is 0 Å². The fraction of sp³-hybridized carbons (Fsp3) is 0.0588. The smallest absolute Gasteiger partial charge is 0.265 e. The summed E-state index contributed by atoms with van der Waals surface area (Å²) in [4.78, 5) is 19.3. The largest absolute Gasteiger partial charge is 0.309 e. The van der Waals surface area contributed by atoms with Gasteiger partial charge in [0, 0.05) is 50.4 Å². The highest BCUT2D eigenvalue weighted by Gasteiger charge is 2.27. The van der Waals surface area contributed by atoms with Crippen LogP contribution in [0.1, 0.15) is 29.2 Å². The zero-order valence-electron chi connectivity index (χ0n) is 29.9. The molecular weight excluding hydrogens is 671 g/mol. The molecule has 0 bridgehead atoms. The number of hydrogen-bond acceptors (Lipinski definition) is 2. The molecule has 7 aromatic carbocycles. The van der Waals surface area contributed by atoms with E-state index in [2.05, 4.69) is 150 Å². The molecule has 0 N–H and O–H groups in total. The third kappa shape index (κ3) is 4.34. The minimum atomic E-state index is -0.0128. The SMILES string of the molecule is O=c1c2cnc(C3CCc4ccccc4-c4cc(-c5ccc6c(c5)c5ccccc5n6-c5ccccc5)ccc43)cc2c2cccc3c4ccccc4n1c23. The van der Waals surface area contributed by atoms with Crippen LogP contribution in [0.3, 0.4) is 0 Å². The lowest BCUT2D eigenvalue weighted by Crippen LogP contribution is -2.14. The maximum absolute atomic E-state index is 14.2. The minimum absolute atomic E-state index is 0.0128. The standard InChI is InChI=1S/C51H33N3O/c55-51-45-30-52-46(29-43(45)41-18-10-17-40-38-15-6-9-20-48(38)54(51)50(40)41)37-25-21-31-11-4-5-14-35(31)42-27-32(22-24-36(37)42)33-23-26-49-44(28-33)39-16-7-8-19-47(39)53(49)34-12-2-1-3-13-34/h1-20,22-24,26-30,37H,21,25H2. The summed E-state index contributed by atoms with van der Waals surface area (Å²) >= 11 is 0. The van der Waals surface area contributed by atoms with Gasteiger partial charge < -0.3 is 4.57 Å². The number of para-hydroxylation sites is 4. The first-order chi connectivity index (χ1) is 27.2. The number of aryl methyl sites for hydroxylation is 1. The second kappa shape index (κ2) is 11.5. The Kier molecular flexibility index (Phi) is 6.35. The summed E-state index contributed by atoms with van der Waals surface area (Å²) < 4.78 is 4.26. The van der Waals surface area contributed by atoms with Crippen molar-refractivity contribution in [1.29, 1.82) is 0 Å². The van der Waals surface area contributed by atoms with Crippen LogP contribution in [0.15, 0.2) is 175 Å². The van der Waals surface area contributed by atoms with Crippen molar-refractivity contribution >= 4 is 59.8 Å². The molecule has 1 unspecified atom stereocenters. The quantitative estimate of drug-likeness (QED) is 0.172. The summed E-state index contributed by atoms with van der Waals surface area (Å²) in [5.74, 6) is 0.0650. The van der Waals surface area contributed by atoms with Crippen molar-refractivity contribution in [2.24, 2.45) is 0 Å². The lowest BCUT2D eigenvalue weighted by Gasteiger charge is -2.19. The highest BCUT2D eigenvalue weighted by molar-refractivity contribution is 6.20. The van der Waals surface area contributed by atoms with Crippen LogP contribution in [0, 0.1) is 0 Å². The number of aromatic nitrogens is 3. The maximum Gasteiger partial charge on any atom is 0.265 e. The third-order valence-electron chi connectivity index (χ3n) is 12.2. The van der Waals surface area contributed by atoms with Gasteiger partial charge in [-0.3, -0.25) is 14.2 Å². The van der Waals surface area contributed by atoms with Gasteiger partial charge in [-0.05, 0) is 100 Å². The van der Waals surface area contributed by atoms with Crippen LogP contribution in [0.25, 0.3) is 87.7 Å². The Balaban J connectivity index is 1.04. The van der Waals surface area contributed by atoms with Gasteiger partial charge in [0.15, 0.2) is 0 Å². The Hall–Kier alpha value is -7.04. The summed E-state index contributed by atoms with van der Waals surface area (Å²) in [5, 5.41) is 7.41. The summed E-state index contributed by atoms with van der Waals surface area (Å²) in [6.07, 6.45) is 3.70. The van der Waals surface area contributed by atoms with Crippen LogP contribution >= 0.6 is 0 Å². The summed E-state index contributed by atoms with van der Waals surface area (Å²) in [5.41, 5.74) is 14.0. The van der Waals surface area contributed by atoms with E-state index >= 15 is 0 Å². The predicted octanol–water partition coefficient (Wildman–Crippen LogP) is 12.1. The van der Waals surface area contributed by atoms with Gasteiger partial charge in [0.05, 0.1) is 27.5 Å². The molecule has 1 atom stereocenters. The van der Waals surface area contributed by atoms with E-state index < -0.39 is 0 Å². The average Bonchev–Trinajstić information content (AvgIpc) is 3.70. The molecule has 4 nitrogen and oxygen atoms in total. The summed E-state index contributed by atoms with van der Waals surface area (Å²) in [7, 11) is 0. The molecule has 55 heavy (non-hydrogen) atoms. The normalized spacial score (nSPS) is 14.3. The molecule has 1 aliphatic rings. The van der Waals surface area contributed by atoms with Crippen LogP contribution in [0.2, 0.25) is 0 Å². The van der Waals surface area contributed by atoms with Gasteiger partial charge in [-0.1, -0.05) is 115 Å². The Bertz CT molecular complexity index is 3410. The van der Waals surface area contributed by atoms with E-state index in [1.54, 1.807) is 0 Å². The van der Waals surface area contributed by atoms with Crippen molar-refractivity contribution in [2.45, 2.75) is 18.8 Å². The molecule has 12 rings (SSSR count). The van der Waals surface area contributed by atoms with Crippen molar-refractivity contribution in [3.8, 4) is 27.9 Å². The van der Waals surface area contributed by atoms with Crippen LogP contribution in [-0.4, -0.2) is 14.0 Å².